The van der Waals surface area contributed by atoms with E-state index >= 15 is 0 Å². The van der Waals surface area contributed by atoms with Crippen LogP contribution in [0.1, 0.15) is 21.6 Å². The molecule has 0 saturated carbocycles. The van der Waals surface area contributed by atoms with E-state index in [1.54, 1.807) is 0 Å². The number of hydrogen-bond donors (Lipinski definition) is 1. The lowest BCUT2D eigenvalue weighted by atomic mass is 10.2. The lowest BCUT2D eigenvalue weighted by Crippen LogP contribution is -2.17. The molecule has 0 fully saturated rings. The van der Waals surface area contributed by atoms with Gasteiger partial charge in [0.15, 0.2) is 5.69 Å². The quantitative estimate of drug-likeness (QED) is 0.866. The average molecular weight is 301 g/mol. The van der Waals surface area contributed by atoms with Crippen molar-refractivity contribution in [3.63, 3.8) is 0 Å². The fourth-order valence-electron chi connectivity index (χ4n) is 1.73. The normalized spacial score (nSPS) is 11.5. The zero-order chi connectivity index (χ0) is 15.8. The summed E-state index contributed by atoms with van der Waals surface area (Å²) < 4.78 is 52.5. The topological polar surface area (TPSA) is 46.9 Å². The second-order valence-corrected chi connectivity index (χ2v) is 4.48. The van der Waals surface area contributed by atoms with Gasteiger partial charge in [-0.25, -0.2) is 4.39 Å². The van der Waals surface area contributed by atoms with Crippen molar-refractivity contribution < 1.29 is 22.4 Å². The van der Waals surface area contributed by atoms with Gasteiger partial charge in [-0.15, -0.1) is 0 Å². The van der Waals surface area contributed by atoms with Crippen molar-refractivity contribution in [2.24, 2.45) is 7.05 Å². The van der Waals surface area contributed by atoms with Crippen LogP contribution in [0.4, 0.5) is 23.2 Å². The number of amides is 1. The maximum absolute atomic E-state index is 13.4. The van der Waals surface area contributed by atoms with E-state index in [-0.39, 0.29) is 5.69 Å². The Labute approximate surface area is 117 Å². The maximum atomic E-state index is 13.4. The lowest BCUT2D eigenvalue weighted by Gasteiger charge is -2.08. The highest BCUT2D eigenvalue weighted by Crippen LogP contribution is 2.31. The molecule has 0 spiro atoms. The molecule has 0 aliphatic heterocycles. The molecule has 1 aromatic carbocycles. The molecular formula is C13H11F4N3O. The summed E-state index contributed by atoms with van der Waals surface area (Å²) in [5, 5.41) is 5.45. The van der Waals surface area contributed by atoms with Crippen molar-refractivity contribution >= 4 is 11.6 Å². The number of anilines is 1. The standard InChI is InChI=1S/C13H11F4N3O/c1-7-3-4-8(5-10(7)14)18-12(21)9-6-20(2)19-11(9)13(15,16)17/h3-6H,1-2H3,(H,18,21). The number of nitrogens with zero attached hydrogens (tertiary/aromatic N) is 2. The predicted molar refractivity (Wildman–Crippen MR) is 67.3 cm³/mol. The van der Waals surface area contributed by atoms with Crippen LogP contribution < -0.4 is 5.32 Å². The summed E-state index contributed by atoms with van der Waals surface area (Å²) in [7, 11) is 1.28. The van der Waals surface area contributed by atoms with Gasteiger partial charge in [0.25, 0.3) is 5.91 Å². The van der Waals surface area contributed by atoms with Crippen LogP contribution in [0.3, 0.4) is 0 Å². The van der Waals surface area contributed by atoms with Gasteiger partial charge in [0.05, 0.1) is 5.56 Å². The van der Waals surface area contributed by atoms with Gasteiger partial charge in [-0.2, -0.15) is 18.3 Å². The first-order valence-electron chi connectivity index (χ1n) is 5.87. The van der Waals surface area contributed by atoms with E-state index in [0.717, 1.165) is 16.9 Å². The van der Waals surface area contributed by atoms with Crippen molar-refractivity contribution in [3.05, 3.63) is 47.0 Å². The van der Waals surface area contributed by atoms with Gasteiger partial charge in [0.1, 0.15) is 5.82 Å². The largest absolute Gasteiger partial charge is 0.435 e. The van der Waals surface area contributed by atoms with Crippen molar-refractivity contribution in [2.45, 2.75) is 13.1 Å². The average Bonchev–Trinajstić information content (AvgIpc) is 2.76. The second kappa shape index (κ2) is 5.19. The van der Waals surface area contributed by atoms with Crippen LogP contribution in [-0.2, 0) is 13.2 Å². The molecule has 0 aliphatic carbocycles. The third-order valence-electron chi connectivity index (χ3n) is 2.77. The second-order valence-electron chi connectivity index (χ2n) is 4.48. The number of carbonyl (C=O) groups is 1. The van der Waals surface area contributed by atoms with Gasteiger partial charge < -0.3 is 5.32 Å². The molecule has 0 atom stereocenters. The minimum atomic E-state index is -4.74. The Kier molecular flexibility index (Phi) is 3.71. The summed E-state index contributed by atoms with van der Waals surface area (Å²) in [5.41, 5.74) is -1.47. The molecule has 112 valence electrons. The molecule has 8 heteroatoms. The van der Waals surface area contributed by atoms with Gasteiger partial charge in [-0.1, -0.05) is 6.07 Å². The van der Waals surface area contributed by atoms with Crippen LogP contribution >= 0.6 is 0 Å². The van der Waals surface area contributed by atoms with Gasteiger partial charge in [-0.05, 0) is 24.6 Å². The Bertz CT molecular complexity index is 691. The highest BCUT2D eigenvalue weighted by molar-refractivity contribution is 6.05. The Morgan fingerprint density at radius 3 is 2.57 bits per heavy atom. The van der Waals surface area contributed by atoms with Crippen LogP contribution in [0.2, 0.25) is 0 Å². The van der Waals surface area contributed by atoms with Crippen molar-refractivity contribution in [2.75, 3.05) is 5.32 Å². The number of benzene rings is 1. The third-order valence-corrected chi connectivity index (χ3v) is 2.77. The summed E-state index contributed by atoms with van der Waals surface area (Å²) in [6.07, 6.45) is -3.78. The van der Waals surface area contributed by atoms with Crippen LogP contribution in [0.15, 0.2) is 24.4 Å². The van der Waals surface area contributed by atoms with Crippen LogP contribution in [0.5, 0.6) is 0 Å². The Morgan fingerprint density at radius 2 is 2.00 bits per heavy atom. The molecule has 1 aromatic heterocycles. The molecule has 1 N–H and O–H groups in total. The van der Waals surface area contributed by atoms with E-state index in [2.05, 4.69) is 10.4 Å². The Morgan fingerprint density at radius 1 is 1.33 bits per heavy atom. The fraction of sp³-hybridized carbons (Fsp3) is 0.231. The lowest BCUT2D eigenvalue weighted by molar-refractivity contribution is -0.141. The molecule has 4 nitrogen and oxygen atoms in total. The number of nitrogens with one attached hydrogen (secondary N) is 1. The predicted octanol–water partition coefficient (Wildman–Crippen LogP) is 3.14. The van der Waals surface area contributed by atoms with E-state index in [1.165, 1.54) is 26.1 Å². The summed E-state index contributed by atoms with van der Waals surface area (Å²) >= 11 is 0. The van der Waals surface area contributed by atoms with E-state index in [0.29, 0.717) is 5.56 Å². The number of aromatic nitrogens is 2. The highest BCUT2D eigenvalue weighted by atomic mass is 19.4. The van der Waals surface area contributed by atoms with Gasteiger partial charge >= 0.3 is 6.18 Å². The van der Waals surface area contributed by atoms with Crippen molar-refractivity contribution in [3.8, 4) is 0 Å². The van der Waals surface area contributed by atoms with Crippen molar-refractivity contribution in [1.29, 1.82) is 0 Å². The fourth-order valence-corrected chi connectivity index (χ4v) is 1.73. The summed E-state index contributed by atoms with van der Waals surface area (Å²) in [4.78, 5) is 11.9. The highest BCUT2D eigenvalue weighted by Gasteiger charge is 2.39. The van der Waals surface area contributed by atoms with E-state index in [4.69, 9.17) is 0 Å². The molecule has 0 bridgehead atoms. The van der Waals surface area contributed by atoms with E-state index in [9.17, 15) is 22.4 Å². The minimum absolute atomic E-state index is 0.0695. The molecule has 0 aliphatic rings. The van der Waals surface area contributed by atoms with Gasteiger partial charge in [0, 0.05) is 18.9 Å². The molecule has 2 rings (SSSR count). The van der Waals surface area contributed by atoms with E-state index < -0.39 is 29.2 Å². The first kappa shape index (κ1) is 15.0. The number of carbonyl (C=O) groups excluding carboxylic acids is 1. The maximum Gasteiger partial charge on any atom is 0.435 e. The van der Waals surface area contributed by atoms with E-state index in [1.807, 2.05) is 0 Å². The monoisotopic (exact) mass is 301 g/mol. The van der Waals surface area contributed by atoms with Gasteiger partial charge in [0.2, 0.25) is 0 Å². The molecule has 0 unspecified atom stereocenters. The molecule has 2 aromatic rings. The molecule has 0 radical (unpaired) electrons. The van der Waals surface area contributed by atoms with Crippen molar-refractivity contribution in [1.82, 2.24) is 9.78 Å². The zero-order valence-corrected chi connectivity index (χ0v) is 11.1. The molecule has 21 heavy (non-hydrogen) atoms. The smallest absolute Gasteiger partial charge is 0.322 e. The Hall–Kier alpha value is -2.38. The van der Waals surface area contributed by atoms with Crippen LogP contribution in [-0.4, -0.2) is 15.7 Å². The zero-order valence-electron chi connectivity index (χ0n) is 11.1. The summed E-state index contributed by atoms with van der Waals surface area (Å²) in [6, 6.07) is 3.86. The van der Waals surface area contributed by atoms with Crippen LogP contribution in [0, 0.1) is 12.7 Å². The minimum Gasteiger partial charge on any atom is -0.322 e. The third kappa shape index (κ3) is 3.21. The number of rotatable bonds is 2. The summed E-state index contributed by atoms with van der Waals surface area (Å²) in [5.74, 6) is -1.56. The molecule has 0 saturated heterocycles. The summed E-state index contributed by atoms with van der Waals surface area (Å²) in [6.45, 7) is 1.53. The number of halogens is 4. The van der Waals surface area contributed by atoms with Crippen LogP contribution in [0.25, 0.3) is 0 Å². The first-order valence-corrected chi connectivity index (χ1v) is 5.87. The number of aryl methyl sites for hydroxylation is 2. The molecule has 1 amide bonds. The SMILES string of the molecule is Cc1ccc(NC(=O)c2cn(C)nc2C(F)(F)F)cc1F. The first-order chi connectivity index (χ1) is 9.68. The number of hydrogen-bond acceptors (Lipinski definition) is 2. The molecular weight excluding hydrogens is 290 g/mol. The van der Waals surface area contributed by atoms with Gasteiger partial charge in [-0.3, -0.25) is 9.48 Å². The molecule has 1 heterocycles. The Balaban J connectivity index is 2.30. The number of alkyl halides is 3.